The number of carbonyl (C=O) groups excluding carboxylic acids is 2. The van der Waals surface area contributed by atoms with Crippen LogP contribution in [0.4, 0.5) is 4.79 Å². The number of hydrogen-bond acceptors (Lipinski definition) is 6. The van der Waals surface area contributed by atoms with E-state index in [0.29, 0.717) is 10.5 Å². The fourth-order valence-corrected chi connectivity index (χ4v) is 3.44. The average molecular weight is 411 g/mol. The van der Waals surface area contributed by atoms with E-state index in [1.807, 2.05) is 31.2 Å². The molecule has 0 spiro atoms. The molecule has 2 aliphatic heterocycles. The molecule has 9 heteroatoms. The molecule has 0 radical (unpaired) electrons. The van der Waals surface area contributed by atoms with Crippen LogP contribution in [-0.4, -0.2) is 70.1 Å². The topological polar surface area (TPSA) is 94.5 Å². The van der Waals surface area contributed by atoms with Crippen LogP contribution >= 0.6 is 15.9 Å². The highest BCUT2D eigenvalue weighted by Crippen LogP contribution is 2.26. The monoisotopic (exact) mass is 410 g/mol. The van der Waals surface area contributed by atoms with Gasteiger partial charge in [-0.3, -0.25) is 10.1 Å². The number of benzene rings is 1. The van der Waals surface area contributed by atoms with Crippen molar-refractivity contribution in [3.63, 3.8) is 0 Å². The van der Waals surface area contributed by atoms with Crippen LogP contribution in [-0.2, 0) is 4.79 Å². The van der Waals surface area contributed by atoms with Crippen molar-refractivity contribution in [3.05, 3.63) is 29.8 Å². The van der Waals surface area contributed by atoms with Crippen LogP contribution in [0.25, 0.3) is 0 Å². The molecule has 3 rings (SSSR count). The number of carbonyl (C=O) groups is 2. The second-order valence-electron chi connectivity index (χ2n) is 6.04. The van der Waals surface area contributed by atoms with E-state index in [1.54, 1.807) is 11.9 Å². The smallest absolute Gasteiger partial charge is 0.325 e. The summed E-state index contributed by atoms with van der Waals surface area (Å²) in [6.07, 6.45) is -1.45. The Hall–Kier alpha value is -2.13. The molecule has 3 atom stereocenters. The van der Waals surface area contributed by atoms with Crippen molar-refractivity contribution in [2.45, 2.75) is 25.2 Å². The van der Waals surface area contributed by atoms with Crippen LogP contribution in [0.2, 0.25) is 0 Å². The minimum Gasteiger partial charge on any atom is -0.491 e. The highest BCUT2D eigenvalue weighted by Gasteiger charge is 2.48. The van der Waals surface area contributed by atoms with Crippen LogP contribution in [0.1, 0.15) is 5.56 Å². The molecule has 3 unspecified atom stereocenters. The zero-order valence-electron chi connectivity index (χ0n) is 13.8. The fourth-order valence-electron chi connectivity index (χ4n) is 2.87. The highest BCUT2D eigenvalue weighted by molar-refractivity contribution is 9.18. The number of hydrogen-bond donors (Lipinski definition) is 2. The summed E-state index contributed by atoms with van der Waals surface area (Å²) in [5.74, 6) is 0.271. The molecule has 1 aromatic carbocycles. The number of urea groups is 1. The van der Waals surface area contributed by atoms with Gasteiger partial charge in [0.15, 0.2) is 17.0 Å². The van der Waals surface area contributed by atoms with Gasteiger partial charge in [0.1, 0.15) is 18.5 Å². The summed E-state index contributed by atoms with van der Waals surface area (Å²) >= 11 is 3.31. The van der Waals surface area contributed by atoms with Crippen molar-refractivity contribution in [2.24, 2.45) is 4.99 Å². The van der Waals surface area contributed by atoms with Crippen LogP contribution in [0.5, 0.6) is 5.75 Å². The highest BCUT2D eigenvalue weighted by atomic mass is 79.9. The molecule has 2 aliphatic rings. The van der Waals surface area contributed by atoms with Gasteiger partial charge in [-0.15, -0.1) is 0 Å². The normalized spacial score (nSPS) is 23.9. The number of para-hydroxylation sites is 1. The van der Waals surface area contributed by atoms with Crippen molar-refractivity contribution in [1.82, 2.24) is 15.1 Å². The number of nitrogens with one attached hydrogen (secondary N) is 1. The third-order valence-electron chi connectivity index (χ3n) is 4.24. The zero-order valence-corrected chi connectivity index (χ0v) is 15.4. The summed E-state index contributed by atoms with van der Waals surface area (Å²) in [5, 5.41) is 12.6. The van der Waals surface area contributed by atoms with Crippen molar-refractivity contribution < 1.29 is 19.4 Å². The van der Waals surface area contributed by atoms with E-state index < -0.39 is 30.2 Å². The molecule has 3 amide bonds. The van der Waals surface area contributed by atoms with Gasteiger partial charge in [-0.1, -0.05) is 18.2 Å². The molecular formula is C16H19BrN4O4. The maximum atomic E-state index is 12.2. The fraction of sp³-hybridized carbons (Fsp3) is 0.438. The number of aliphatic hydroxyl groups is 1. The maximum absolute atomic E-state index is 12.2. The number of β-amino-alcohol motifs (C(OH)–C–C–N with tert-alkyl or cyclic N) is 1. The number of aryl methyl sites for hydroxylation is 1. The number of aliphatic imine (C=N–C) groups is 1. The molecular weight excluding hydrogens is 392 g/mol. The van der Waals surface area contributed by atoms with Gasteiger partial charge in [-0.2, -0.15) is 0 Å². The lowest BCUT2D eigenvalue weighted by Crippen LogP contribution is -2.64. The van der Waals surface area contributed by atoms with Crippen LogP contribution in [0.15, 0.2) is 29.3 Å². The van der Waals surface area contributed by atoms with Gasteiger partial charge >= 0.3 is 6.03 Å². The number of amides is 3. The summed E-state index contributed by atoms with van der Waals surface area (Å²) in [7, 11) is 1.57. The Morgan fingerprint density at radius 3 is 2.84 bits per heavy atom. The van der Waals surface area contributed by atoms with Crippen LogP contribution < -0.4 is 10.1 Å². The third kappa shape index (κ3) is 3.47. The third-order valence-corrected chi connectivity index (χ3v) is 4.90. The van der Waals surface area contributed by atoms with Crippen molar-refractivity contribution in [1.29, 1.82) is 0 Å². The molecule has 2 N–H and O–H groups in total. The molecule has 1 fully saturated rings. The molecule has 1 aromatic rings. The van der Waals surface area contributed by atoms with E-state index in [0.717, 1.165) is 5.56 Å². The molecule has 134 valence electrons. The maximum Gasteiger partial charge on any atom is 0.325 e. The van der Waals surface area contributed by atoms with Crippen LogP contribution in [0.3, 0.4) is 0 Å². The van der Waals surface area contributed by atoms with E-state index in [1.165, 1.54) is 4.90 Å². The zero-order chi connectivity index (χ0) is 18.1. The van der Waals surface area contributed by atoms with Crippen molar-refractivity contribution >= 4 is 32.6 Å². The molecule has 25 heavy (non-hydrogen) atoms. The lowest BCUT2D eigenvalue weighted by Gasteiger charge is -2.36. The minimum absolute atomic E-state index is 0.0788. The summed E-state index contributed by atoms with van der Waals surface area (Å²) < 4.78 is 6.07. The van der Waals surface area contributed by atoms with E-state index >= 15 is 0 Å². The number of rotatable bonds is 5. The lowest BCUT2D eigenvalue weighted by molar-refractivity contribution is -0.127. The number of halogens is 1. The molecule has 0 aromatic heterocycles. The predicted molar refractivity (Wildman–Crippen MR) is 94.6 cm³/mol. The summed E-state index contributed by atoms with van der Waals surface area (Å²) in [6, 6.07) is 6.37. The SMILES string of the molecule is Cc1ccccc1OCC(O)CN1C(Br)=NC2C1C(=O)NC(=O)N2C. The van der Waals surface area contributed by atoms with Gasteiger partial charge in [0.2, 0.25) is 0 Å². The Morgan fingerprint density at radius 1 is 1.40 bits per heavy atom. The van der Waals surface area contributed by atoms with E-state index in [4.69, 9.17) is 4.74 Å². The first kappa shape index (κ1) is 17.7. The molecule has 2 heterocycles. The average Bonchev–Trinajstić information content (AvgIpc) is 2.89. The Labute approximate surface area is 153 Å². The van der Waals surface area contributed by atoms with Gasteiger partial charge in [0.25, 0.3) is 5.91 Å². The van der Waals surface area contributed by atoms with E-state index in [9.17, 15) is 14.7 Å². The second kappa shape index (κ2) is 7.01. The Morgan fingerprint density at radius 2 is 2.12 bits per heavy atom. The van der Waals surface area contributed by atoms with Gasteiger partial charge in [-0.05, 0) is 34.5 Å². The Kier molecular flexibility index (Phi) is 4.96. The predicted octanol–water partition coefficient (Wildman–Crippen LogP) is 0.678. The Bertz CT molecular complexity index is 726. The number of ether oxygens (including phenoxy) is 1. The van der Waals surface area contributed by atoms with Gasteiger partial charge in [-0.25, -0.2) is 9.79 Å². The van der Waals surface area contributed by atoms with E-state index in [-0.39, 0.29) is 13.2 Å². The lowest BCUT2D eigenvalue weighted by atomic mass is 10.1. The molecule has 0 saturated carbocycles. The first-order valence-corrected chi connectivity index (χ1v) is 8.62. The molecule has 8 nitrogen and oxygen atoms in total. The minimum atomic E-state index is -0.836. The largest absolute Gasteiger partial charge is 0.491 e. The number of nitrogens with zero attached hydrogens (tertiary/aromatic N) is 3. The number of imide groups is 1. The number of likely N-dealkylation sites (N-methyl/N-ethyl adjacent to an activating group) is 1. The van der Waals surface area contributed by atoms with Crippen molar-refractivity contribution in [3.8, 4) is 5.75 Å². The quantitative estimate of drug-likeness (QED) is 0.695. The first-order chi connectivity index (χ1) is 11.9. The number of aliphatic hydroxyl groups excluding tert-OH is 1. The number of fused-ring (bicyclic) bond motifs is 1. The standard InChI is InChI=1S/C16H19BrN4O4/c1-9-5-3-4-6-11(9)25-8-10(22)7-21-12-13(18-15(21)17)20(2)16(24)19-14(12)23/h3-6,10,12-13,22H,7-8H2,1-2H3,(H,19,23,24). The molecule has 0 bridgehead atoms. The summed E-state index contributed by atoms with van der Waals surface area (Å²) in [5.41, 5.74) is 0.977. The summed E-state index contributed by atoms with van der Waals surface area (Å²) in [6.45, 7) is 2.15. The van der Waals surface area contributed by atoms with Crippen molar-refractivity contribution in [2.75, 3.05) is 20.2 Å². The van der Waals surface area contributed by atoms with Crippen LogP contribution in [0, 0.1) is 6.92 Å². The van der Waals surface area contributed by atoms with Gasteiger partial charge in [0, 0.05) is 7.05 Å². The van der Waals surface area contributed by atoms with Gasteiger partial charge in [0.05, 0.1) is 6.54 Å². The first-order valence-electron chi connectivity index (χ1n) is 7.82. The second-order valence-corrected chi connectivity index (χ2v) is 6.75. The molecule has 1 saturated heterocycles. The number of amidine groups is 1. The van der Waals surface area contributed by atoms with Gasteiger partial charge < -0.3 is 19.6 Å². The molecule has 0 aliphatic carbocycles. The van der Waals surface area contributed by atoms with E-state index in [2.05, 4.69) is 26.2 Å². The Balaban J connectivity index is 1.64. The summed E-state index contributed by atoms with van der Waals surface area (Å²) in [4.78, 5) is 31.2.